The predicted octanol–water partition coefficient (Wildman–Crippen LogP) is 2.34. The fourth-order valence-electron chi connectivity index (χ4n) is 1.81. The smallest absolute Gasteiger partial charge is 0.232 e. The van der Waals surface area contributed by atoms with Gasteiger partial charge in [0.15, 0.2) is 0 Å². The van der Waals surface area contributed by atoms with Crippen molar-refractivity contribution < 1.29 is 0 Å². The third-order valence-electron chi connectivity index (χ3n) is 2.79. The Morgan fingerprint density at radius 1 is 1.39 bits per heavy atom. The molecule has 18 heavy (non-hydrogen) atoms. The van der Waals surface area contributed by atoms with Gasteiger partial charge in [-0.25, -0.2) is 0 Å². The number of rotatable bonds is 4. The van der Waals surface area contributed by atoms with Gasteiger partial charge in [0.2, 0.25) is 17.2 Å². The van der Waals surface area contributed by atoms with Gasteiger partial charge in [0, 0.05) is 12.6 Å². The molecule has 94 valence electrons. The van der Waals surface area contributed by atoms with E-state index in [4.69, 9.17) is 17.3 Å². The molecule has 2 N–H and O–H groups in total. The minimum absolute atomic E-state index is 0.147. The number of nitrogen functional groups attached to an aromatic ring is 1. The number of anilines is 2. The lowest BCUT2D eigenvalue weighted by Crippen LogP contribution is -2.27. The average Bonchev–Trinajstić information content (AvgIpc) is 3.02. The Bertz CT molecular complexity index is 520. The summed E-state index contributed by atoms with van der Waals surface area (Å²) in [6, 6.07) is 2.59. The minimum Gasteiger partial charge on any atom is -0.368 e. The van der Waals surface area contributed by atoms with Crippen LogP contribution < -0.4 is 10.6 Å². The largest absolute Gasteiger partial charge is 0.368 e. The number of hydrogen-bond donors (Lipinski definition) is 1. The maximum Gasteiger partial charge on any atom is 0.232 e. The predicted molar refractivity (Wildman–Crippen MR) is 72.8 cm³/mol. The lowest BCUT2D eigenvalue weighted by atomic mass is 10.3. The second-order valence-corrected chi connectivity index (χ2v) is 5.37. The molecule has 2 aromatic rings. The summed E-state index contributed by atoms with van der Waals surface area (Å²) < 4.78 is 0. The summed E-state index contributed by atoms with van der Waals surface area (Å²) in [6.45, 7) is 0.786. The highest BCUT2D eigenvalue weighted by molar-refractivity contribution is 7.07. The first-order valence-corrected chi connectivity index (χ1v) is 6.99. The summed E-state index contributed by atoms with van der Waals surface area (Å²) in [5.74, 6) is 0.738. The topological polar surface area (TPSA) is 67.9 Å². The summed E-state index contributed by atoms with van der Waals surface area (Å²) >= 11 is 7.52. The van der Waals surface area contributed by atoms with Crippen molar-refractivity contribution in [2.24, 2.45) is 0 Å². The normalized spacial score (nSPS) is 14.7. The number of hydrogen-bond acceptors (Lipinski definition) is 6. The second-order valence-electron chi connectivity index (χ2n) is 4.25. The molecule has 5 nitrogen and oxygen atoms in total. The summed E-state index contributed by atoms with van der Waals surface area (Å²) in [4.78, 5) is 14.3. The van der Waals surface area contributed by atoms with Gasteiger partial charge in [-0.3, -0.25) is 0 Å². The molecule has 3 rings (SSSR count). The zero-order valence-electron chi connectivity index (χ0n) is 9.58. The third-order valence-corrected chi connectivity index (χ3v) is 3.69. The number of aromatic nitrogens is 3. The Balaban J connectivity index is 1.89. The Morgan fingerprint density at radius 2 is 2.22 bits per heavy atom. The molecule has 1 aliphatic rings. The van der Waals surface area contributed by atoms with E-state index in [0.717, 1.165) is 19.4 Å². The Labute approximate surface area is 114 Å². The number of nitrogens with two attached hydrogens (primary N) is 1. The van der Waals surface area contributed by atoms with E-state index in [9.17, 15) is 0 Å². The highest BCUT2D eigenvalue weighted by Crippen LogP contribution is 2.32. The highest BCUT2D eigenvalue weighted by atomic mass is 35.5. The van der Waals surface area contributed by atoms with Crippen LogP contribution >= 0.6 is 22.9 Å². The van der Waals surface area contributed by atoms with Crippen molar-refractivity contribution in [1.29, 1.82) is 0 Å². The minimum atomic E-state index is 0.147. The van der Waals surface area contributed by atoms with Crippen molar-refractivity contribution in [2.45, 2.75) is 25.4 Å². The van der Waals surface area contributed by atoms with Crippen molar-refractivity contribution in [3.05, 3.63) is 27.7 Å². The van der Waals surface area contributed by atoms with Crippen LogP contribution in [0.15, 0.2) is 16.8 Å². The Hall–Kier alpha value is -1.40. The van der Waals surface area contributed by atoms with E-state index in [0.29, 0.717) is 12.0 Å². The van der Waals surface area contributed by atoms with E-state index in [1.54, 1.807) is 11.3 Å². The summed E-state index contributed by atoms with van der Waals surface area (Å²) in [5, 5.41) is 4.34. The van der Waals surface area contributed by atoms with Crippen LogP contribution in [0.3, 0.4) is 0 Å². The molecule has 1 saturated carbocycles. The van der Waals surface area contributed by atoms with Crippen LogP contribution in [0.5, 0.6) is 0 Å². The molecule has 1 aliphatic carbocycles. The van der Waals surface area contributed by atoms with Crippen LogP contribution in [-0.4, -0.2) is 21.0 Å². The molecular formula is C11H12ClN5S. The maximum absolute atomic E-state index is 5.83. The van der Waals surface area contributed by atoms with Crippen molar-refractivity contribution >= 4 is 34.8 Å². The van der Waals surface area contributed by atoms with Crippen molar-refractivity contribution in [2.75, 3.05) is 10.6 Å². The van der Waals surface area contributed by atoms with Gasteiger partial charge >= 0.3 is 0 Å². The van der Waals surface area contributed by atoms with Crippen LogP contribution in [0.2, 0.25) is 5.28 Å². The fourth-order valence-corrected chi connectivity index (χ4v) is 2.63. The first-order chi connectivity index (χ1) is 8.72. The van der Waals surface area contributed by atoms with Crippen LogP contribution in [0, 0.1) is 0 Å². The van der Waals surface area contributed by atoms with E-state index in [-0.39, 0.29) is 11.2 Å². The van der Waals surface area contributed by atoms with Gasteiger partial charge in [0.25, 0.3) is 0 Å². The quantitative estimate of drug-likeness (QED) is 0.932. The van der Waals surface area contributed by atoms with E-state index in [1.807, 2.05) is 0 Å². The lowest BCUT2D eigenvalue weighted by Gasteiger charge is -2.21. The molecule has 7 heteroatoms. The Morgan fingerprint density at radius 3 is 2.83 bits per heavy atom. The van der Waals surface area contributed by atoms with E-state index in [2.05, 4.69) is 36.7 Å². The van der Waals surface area contributed by atoms with Gasteiger partial charge in [-0.05, 0) is 46.8 Å². The molecule has 0 bridgehead atoms. The first kappa shape index (κ1) is 11.7. The van der Waals surface area contributed by atoms with Gasteiger partial charge < -0.3 is 10.6 Å². The molecule has 0 radical (unpaired) electrons. The standard InChI is InChI=1S/C11H12ClN5S/c12-9-14-10(13)16-11(15-9)17(8-1-2-8)5-7-3-4-18-6-7/h3-4,6,8H,1-2,5H2,(H2,13,14,15,16). The summed E-state index contributed by atoms with van der Waals surface area (Å²) in [7, 11) is 0. The van der Waals surface area contributed by atoms with Gasteiger partial charge in [0.1, 0.15) is 0 Å². The van der Waals surface area contributed by atoms with E-state index >= 15 is 0 Å². The molecule has 2 heterocycles. The molecule has 0 aliphatic heterocycles. The van der Waals surface area contributed by atoms with E-state index in [1.165, 1.54) is 5.56 Å². The lowest BCUT2D eigenvalue weighted by molar-refractivity contribution is 0.756. The molecule has 1 fully saturated rings. The molecular weight excluding hydrogens is 270 g/mol. The van der Waals surface area contributed by atoms with E-state index < -0.39 is 0 Å². The van der Waals surface area contributed by atoms with Crippen LogP contribution in [-0.2, 0) is 6.54 Å². The zero-order chi connectivity index (χ0) is 12.5. The first-order valence-electron chi connectivity index (χ1n) is 5.67. The SMILES string of the molecule is Nc1nc(Cl)nc(N(Cc2ccsc2)C2CC2)n1. The average molecular weight is 282 g/mol. The maximum atomic E-state index is 5.83. The number of nitrogens with zero attached hydrogens (tertiary/aromatic N) is 4. The van der Waals surface area contributed by atoms with Crippen molar-refractivity contribution in [3.63, 3.8) is 0 Å². The monoisotopic (exact) mass is 281 g/mol. The second kappa shape index (κ2) is 4.70. The van der Waals surface area contributed by atoms with Gasteiger partial charge in [-0.2, -0.15) is 26.3 Å². The molecule has 0 amide bonds. The van der Waals surface area contributed by atoms with Crippen molar-refractivity contribution in [3.8, 4) is 0 Å². The fraction of sp³-hybridized carbons (Fsp3) is 0.364. The molecule has 0 atom stereocenters. The molecule has 0 aromatic carbocycles. The zero-order valence-corrected chi connectivity index (χ0v) is 11.2. The number of thiophene rings is 1. The van der Waals surface area contributed by atoms with Gasteiger partial charge in [0.05, 0.1) is 0 Å². The van der Waals surface area contributed by atoms with Crippen LogP contribution in [0.4, 0.5) is 11.9 Å². The molecule has 2 aromatic heterocycles. The molecule has 0 spiro atoms. The molecule has 0 unspecified atom stereocenters. The third kappa shape index (κ3) is 2.54. The van der Waals surface area contributed by atoms with Crippen LogP contribution in [0.25, 0.3) is 0 Å². The van der Waals surface area contributed by atoms with Gasteiger partial charge in [-0.1, -0.05) is 0 Å². The molecule has 0 saturated heterocycles. The Kier molecular flexibility index (Phi) is 3.05. The summed E-state index contributed by atoms with van der Waals surface area (Å²) in [6.07, 6.45) is 2.32. The number of halogens is 1. The van der Waals surface area contributed by atoms with Crippen LogP contribution in [0.1, 0.15) is 18.4 Å². The van der Waals surface area contributed by atoms with Crippen molar-refractivity contribution in [1.82, 2.24) is 15.0 Å². The van der Waals surface area contributed by atoms with Gasteiger partial charge in [-0.15, -0.1) is 0 Å². The summed E-state index contributed by atoms with van der Waals surface area (Å²) in [5.41, 5.74) is 6.87. The highest BCUT2D eigenvalue weighted by Gasteiger charge is 2.31.